The minimum absolute atomic E-state index is 0.0145. The van der Waals surface area contributed by atoms with Crippen LogP contribution in [0.4, 0.5) is 0 Å². The average Bonchev–Trinajstić information content (AvgIpc) is 2.86. The van der Waals surface area contributed by atoms with Crippen LogP contribution in [0, 0.1) is 12.8 Å². The van der Waals surface area contributed by atoms with E-state index in [2.05, 4.69) is 23.5 Å². The predicted octanol–water partition coefficient (Wildman–Crippen LogP) is 1.91. The first-order valence-corrected chi connectivity index (χ1v) is 10.4. The van der Waals surface area contributed by atoms with Gasteiger partial charge in [-0.25, -0.2) is 13.1 Å². The van der Waals surface area contributed by atoms with Gasteiger partial charge in [-0.15, -0.1) is 0 Å². The molecule has 0 bridgehead atoms. The van der Waals surface area contributed by atoms with Crippen LogP contribution in [0.15, 0.2) is 24.3 Å². The van der Waals surface area contributed by atoms with E-state index in [1.807, 2.05) is 31.2 Å². The van der Waals surface area contributed by atoms with Crippen LogP contribution in [0.1, 0.15) is 31.4 Å². The Bertz CT molecular complexity index is 675. The van der Waals surface area contributed by atoms with Crippen LogP contribution in [0.25, 0.3) is 0 Å². The highest BCUT2D eigenvalue weighted by Crippen LogP contribution is 2.26. The first-order valence-electron chi connectivity index (χ1n) is 8.73. The van der Waals surface area contributed by atoms with Crippen molar-refractivity contribution in [3.63, 3.8) is 0 Å². The summed E-state index contributed by atoms with van der Waals surface area (Å²) in [6, 6.07) is 8.00. The lowest BCUT2D eigenvalue weighted by atomic mass is 10.0. The molecule has 0 aromatic heterocycles. The van der Waals surface area contributed by atoms with E-state index < -0.39 is 10.0 Å². The molecule has 1 N–H and O–H groups in total. The fourth-order valence-corrected chi connectivity index (χ4v) is 5.09. The molecule has 0 amide bonds. The van der Waals surface area contributed by atoms with Gasteiger partial charge in [-0.3, -0.25) is 4.90 Å². The van der Waals surface area contributed by atoms with Gasteiger partial charge in [-0.1, -0.05) is 43.7 Å². The molecule has 2 aliphatic rings. The van der Waals surface area contributed by atoms with Crippen LogP contribution in [-0.4, -0.2) is 51.2 Å². The fourth-order valence-electron chi connectivity index (χ4n) is 3.71. The lowest BCUT2D eigenvalue weighted by molar-refractivity contribution is -0.0683. The highest BCUT2D eigenvalue weighted by atomic mass is 32.2. The SMILES string of the molecule is Cc1cccc(CS(=O)(=O)N[C@@H]2C[C@H]3CO[C@H](C(C)C)CN3C2)c1. The van der Waals surface area contributed by atoms with Gasteiger partial charge in [0.15, 0.2) is 0 Å². The van der Waals surface area contributed by atoms with Crippen LogP contribution in [0.2, 0.25) is 0 Å². The molecule has 2 fully saturated rings. The number of nitrogens with zero attached hydrogens (tertiary/aromatic N) is 1. The number of ether oxygens (including phenoxy) is 1. The van der Waals surface area contributed by atoms with Crippen molar-refractivity contribution in [2.24, 2.45) is 5.92 Å². The molecule has 2 heterocycles. The Kier molecular flexibility index (Phi) is 5.30. The summed E-state index contributed by atoms with van der Waals surface area (Å²) in [5.74, 6) is 0.532. The Morgan fingerprint density at radius 1 is 1.33 bits per heavy atom. The summed E-state index contributed by atoms with van der Waals surface area (Å²) in [5.41, 5.74) is 1.92. The van der Waals surface area contributed by atoms with Crippen molar-refractivity contribution < 1.29 is 13.2 Å². The average molecular weight is 353 g/mol. The largest absolute Gasteiger partial charge is 0.375 e. The monoisotopic (exact) mass is 352 g/mol. The molecule has 0 unspecified atom stereocenters. The Hall–Kier alpha value is -0.950. The zero-order valence-electron chi connectivity index (χ0n) is 14.7. The Labute approximate surface area is 145 Å². The minimum Gasteiger partial charge on any atom is -0.375 e. The van der Waals surface area contributed by atoms with Gasteiger partial charge in [0.1, 0.15) is 0 Å². The van der Waals surface area contributed by atoms with E-state index in [-0.39, 0.29) is 17.9 Å². The Morgan fingerprint density at radius 3 is 2.83 bits per heavy atom. The van der Waals surface area contributed by atoms with Gasteiger partial charge in [-0.2, -0.15) is 0 Å². The molecule has 5 nitrogen and oxygen atoms in total. The topological polar surface area (TPSA) is 58.6 Å². The van der Waals surface area contributed by atoms with Crippen molar-refractivity contribution >= 4 is 10.0 Å². The number of rotatable bonds is 5. The molecular formula is C18H28N2O3S. The van der Waals surface area contributed by atoms with Crippen molar-refractivity contribution in [3.05, 3.63) is 35.4 Å². The fraction of sp³-hybridized carbons (Fsp3) is 0.667. The smallest absolute Gasteiger partial charge is 0.216 e. The molecule has 1 aromatic rings. The summed E-state index contributed by atoms with van der Waals surface area (Å²) in [4.78, 5) is 2.38. The summed E-state index contributed by atoms with van der Waals surface area (Å²) in [5, 5.41) is 0. The van der Waals surface area contributed by atoms with E-state index in [9.17, 15) is 8.42 Å². The molecular weight excluding hydrogens is 324 g/mol. The summed E-state index contributed by atoms with van der Waals surface area (Å²) in [7, 11) is -3.33. The van der Waals surface area contributed by atoms with E-state index in [4.69, 9.17) is 4.74 Å². The van der Waals surface area contributed by atoms with Crippen molar-refractivity contribution in [2.45, 2.75) is 51.1 Å². The zero-order valence-corrected chi connectivity index (χ0v) is 15.6. The molecule has 0 aliphatic carbocycles. The maximum atomic E-state index is 12.5. The lowest BCUT2D eigenvalue weighted by Crippen LogP contribution is -2.48. The number of hydrogen-bond donors (Lipinski definition) is 1. The second-order valence-corrected chi connectivity index (χ2v) is 9.28. The van der Waals surface area contributed by atoms with Crippen molar-refractivity contribution in [1.82, 2.24) is 9.62 Å². The molecule has 0 radical (unpaired) electrons. The van der Waals surface area contributed by atoms with Crippen LogP contribution >= 0.6 is 0 Å². The first kappa shape index (κ1) is 17.9. The number of fused-ring (bicyclic) bond motifs is 1. The van der Waals surface area contributed by atoms with Gasteiger partial charge < -0.3 is 4.74 Å². The first-order chi connectivity index (χ1) is 11.3. The van der Waals surface area contributed by atoms with Crippen molar-refractivity contribution in [3.8, 4) is 0 Å². The maximum absolute atomic E-state index is 12.5. The van der Waals surface area contributed by atoms with Crippen molar-refractivity contribution in [2.75, 3.05) is 19.7 Å². The molecule has 3 atom stereocenters. The van der Waals surface area contributed by atoms with Crippen LogP contribution in [0.3, 0.4) is 0 Å². The highest BCUT2D eigenvalue weighted by Gasteiger charge is 2.39. The normalized spacial score (nSPS) is 28.2. The number of hydrogen-bond acceptors (Lipinski definition) is 4. The van der Waals surface area contributed by atoms with E-state index in [0.29, 0.717) is 18.6 Å². The second kappa shape index (κ2) is 7.12. The van der Waals surface area contributed by atoms with Gasteiger partial charge in [-0.05, 0) is 24.8 Å². The molecule has 6 heteroatoms. The zero-order chi connectivity index (χ0) is 17.3. The van der Waals surface area contributed by atoms with E-state index in [1.165, 1.54) is 0 Å². The van der Waals surface area contributed by atoms with Gasteiger partial charge in [0.25, 0.3) is 0 Å². The van der Waals surface area contributed by atoms with Crippen LogP contribution in [-0.2, 0) is 20.5 Å². The predicted molar refractivity (Wildman–Crippen MR) is 95.3 cm³/mol. The van der Waals surface area contributed by atoms with E-state index in [1.54, 1.807) is 0 Å². The molecule has 0 saturated carbocycles. The number of benzene rings is 1. The van der Waals surface area contributed by atoms with Crippen molar-refractivity contribution in [1.29, 1.82) is 0 Å². The van der Waals surface area contributed by atoms with Gasteiger partial charge >= 0.3 is 0 Å². The summed E-state index contributed by atoms with van der Waals surface area (Å²) in [6.07, 6.45) is 1.08. The van der Waals surface area contributed by atoms with Gasteiger partial charge in [0.2, 0.25) is 10.0 Å². The van der Waals surface area contributed by atoms with Crippen LogP contribution in [0.5, 0.6) is 0 Å². The summed E-state index contributed by atoms with van der Waals surface area (Å²) in [6.45, 7) is 8.71. The number of nitrogens with one attached hydrogen (secondary N) is 1. The Balaban J connectivity index is 1.58. The highest BCUT2D eigenvalue weighted by molar-refractivity contribution is 7.88. The quantitative estimate of drug-likeness (QED) is 0.879. The molecule has 3 rings (SSSR count). The maximum Gasteiger partial charge on any atom is 0.216 e. The third-order valence-corrected chi connectivity index (χ3v) is 6.38. The number of sulfonamides is 1. The molecule has 1 aromatic carbocycles. The number of aryl methyl sites for hydroxylation is 1. The number of morpholine rings is 1. The standard InChI is InChI=1S/C18H28N2O3S/c1-13(2)18-10-20-9-16(8-17(20)11-23-18)19-24(21,22)12-15-6-4-5-14(3)7-15/h4-7,13,16-19H,8-12H2,1-3H3/t16-,17+,18+/m1/s1. The third-order valence-electron chi connectivity index (χ3n) is 4.97. The third kappa shape index (κ3) is 4.36. The van der Waals surface area contributed by atoms with E-state index in [0.717, 1.165) is 30.6 Å². The lowest BCUT2D eigenvalue weighted by Gasteiger charge is -2.36. The molecule has 0 spiro atoms. The summed E-state index contributed by atoms with van der Waals surface area (Å²) >= 11 is 0. The molecule has 134 valence electrons. The van der Waals surface area contributed by atoms with Gasteiger partial charge in [0.05, 0.1) is 18.5 Å². The van der Waals surface area contributed by atoms with Gasteiger partial charge in [0, 0.05) is 25.2 Å². The molecule has 2 aliphatic heterocycles. The molecule has 24 heavy (non-hydrogen) atoms. The van der Waals surface area contributed by atoms with Crippen LogP contribution < -0.4 is 4.72 Å². The Morgan fingerprint density at radius 2 is 2.12 bits per heavy atom. The van der Waals surface area contributed by atoms with E-state index >= 15 is 0 Å². The summed E-state index contributed by atoms with van der Waals surface area (Å²) < 4.78 is 33.8. The molecule has 2 saturated heterocycles. The minimum atomic E-state index is -3.33. The second-order valence-electron chi connectivity index (χ2n) is 7.52.